The highest BCUT2D eigenvalue weighted by Crippen LogP contribution is 2.41. The molecule has 1 aliphatic carbocycles. The smallest absolute Gasteiger partial charge is 0.328 e. The fourth-order valence-electron chi connectivity index (χ4n) is 3.00. The van der Waals surface area contributed by atoms with E-state index < -0.39 is 23.1 Å². The number of carbonyl (C=O) groups is 1. The number of carbonyl (C=O) groups excluding carboxylic acids is 1. The minimum absolute atomic E-state index is 0.0813. The third kappa shape index (κ3) is 3.86. The molecule has 1 fully saturated rings. The normalized spacial score (nSPS) is 14.8. The number of fused-ring (bicyclic) bond motifs is 1. The Morgan fingerprint density at radius 2 is 2.11 bits per heavy atom. The van der Waals surface area contributed by atoms with Crippen LogP contribution < -0.4 is 9.46 Å². The summed E-state index contributed by atoms with van der Waals surface area (Å²) in [5, 5.41) is 0.243. The van der Waals surface area contributed by atoms with Crippen molar-refractivity contribution in [2.75, 3.05) is 6.61 Å². The Labute approximate surface area is 165 Å². The number of rotatable bonds is 7. The van der Waals surface area contributed by atoms with E-state index in [4.69, 9.17) is 9.15 Å². The first-order valence-electron chi connectivity index (χ1n) is 9.24. The first kappa shape index (κ1) is 18.8. The van der Waals surface area contributed by atoms with Crippen LogP contribution in [0.25, 0.3) is 11.0 Å². The van der Waals surface area contributed by atoms with Crippen molar-refractivity contribution in [1.82, 2.24) is 4.72 Å². The van der Waals surface area contributed by atoms with Gasteiger partial charge in [-0.15, -0.1) is 0 Å². The number of nitrogens with one attached hydrogen (secondary N) is 1. The maximum atomic E-state index is 14.3. The first-order valence-corrected chi connectivity index (χ1v) is 10.4. The zero-order valence-corrected chi connectivity index (χ0v) is 16.2. The van der Waals surface area contributed by atoms with E-state index in [1.54, 1.807) is 30.3 Å². The van der Waals surface area contributed by atoms with Gasteiger partial charge in [-0.25, -0.2) is 4.39 Å². The fourth-order valence-corrected chi connectivity index (χ4v) is 3.90. The molecule has 1 unspecified atom stereocenters. The lowest BCUT2D eigenvalue weighted by molar-refractivity contribution is 0.0956. The summed E-state index contributed by atoms with van der Waals surface area (Å²) in [6.45, 7) is 2.45. The topological polar surface area (TPSA) is 74.5 Å². The lowest BCUT2D eigenvalue weighted by atomic mass is 10.1. The van der Waals surface area contributed by atoms with Gasteiger partial charge in [0.25, 0.3) is 0 Å². The van der Waals surface area contributed by atoms with Gasteiger partial charge in [-0.3, -0.25) is 4.79 Å². The van der Waals surface area contributed by atoms with Gasteiger partial charge in [0.05, 0.1) is 12.0 Å². The summed E-state index contributed by atoms with van der Waals surface area (Å²) < 4.78 is 40.5. The number of halogens is 1. The Bertz CT molecular complexity index is 1010. The highest BCUT2D eigenvalue weighted by Gasteiger charge is 2.27. The van der Waals surface area contributed by atoms with Crippen molar-refractivity contribution in [2.45, 2.75) is 37.0 Å². The molecule has 1 aromatic heterocycles. The maximum Gasteiger partial charge on any atom is 0.328 e. The monoisotopic (exact) mass is 401 g/mol. The van der Waals surface area contributed by atoms with Crippen LogP contribution in [0.4, 0.5) is 4.39 Å². The number of ether oxygens (including phenoxy) is 1. The van der Waals surface area contributed by atoms with Crippen LogP contribution in [0.2, 0.25) is 0 Å². The standard InChI is InChI=1S/C21H20FNO4S/c1-2-9-26-17-5-3-4-6-20(17)28(25)23-21(24)19-12-15-16(22)10-14(13-7-8-13)11-18(15)27-19/h3-6,10-13H,2,7-9H2,1H3,(H,23,24). The Kier molecular flexibility index (Phi) is 5.28. The van der Waals surface area contributed by atoms with Crippen LogP contribution in [0.3, 0.4) is 0 Å². The summed E-state index contributed by atoms with van der Waals surface area (Å²) in [4.78, 5) is 12.9. The number of hydrogen-bond acceptors (Lipinski definition) is 4. The number of furan rings is 1. The maximum absolute atomic E-state index is 14.3. The zero-order valence-electron chi connectivity index (χ0n) is 15.4. The van der Waals surface area contributed by atoms with Crippen LogP contribution in [0, 0.1) is 5.82 Å². The molecule has 1 aliphatic rings. The van der Waals surface area contributed by atoms with E-state index in [9.17, 15) is 13.7 Å². The Morgan fingerprint density at radius 3 is 2.86 bits per heavy atom. The van der Waals surface area contributed by atoms with E-state index in [-0.39, 0.29) is 11.1 Å². The predicted octanol–water partition coefficient (Wildman–Crippen LogP) is 4.69. The van der Waals surface area contributed by atoms with Crippen molar-refractivity contribution < 1.29 is 22.9 Å². The molecule has 1 saturated carbocycles. The second-order valence-electron chi connectivity index (χ2n) is 6.79. The minimum atomic E-state index is -1.84. The van der Waals surface area contributed by atoms with Crippen LogP contribution in [-0.2, 0) is 11.4 Å². The number of para-hydroxylation sites is 1. The number of amides is 1. The van der Waals surface area contributed by atoms with E-state index in [0.29, 0.717) is 28.8 Å². The van der Waals surface area contributed by atoms with E-state index in [1.165, 1.54) is 12.1 Å². The Balaban J connectivity index is 1.54. The molecule has 28 heavy (non-hydrogen) atoms. The fraction of sp³-hybridized carbons (Fsp3) is 0.286. The summed E-state index contributed by atoms with van der Waals surface area (Å²) in [5.74, 6) is -0.350. The van der Waals surface area contributed by atoms with E-state index in [1.807, 2.05) is 6.92 Å². The zero-order chi connectivity index (χ0) is 19.7. The van der Waals surface area contributed by atoms with Crippen LogP contribution in [0.1, 0.15) is 48.2 Å². The highest BCUT2D eigenvalue weighted by atomic mass is 32.2. The molecule has 1 amide bonds. The third-order valence-corrected chi connectivity index (χ3v) is 5.69. The van der Waals surface area contributed by atoms with Gasteiger partial charge in [0.1, 0.15) is 22.8 Å². The summed E-state index contributed by atoms with van der Waals surface area (Å²) in [7, 11) is 0. The molecule has 0 radical (unpaired) electrons. The van der Waals surface area contributed by atoms with Gasteiger partial charge >= 0.3 is 5.91 Å². The molecule has 1 heterocycles. The van der Waals surface area contributed by atoms with Gasteiger partial charge in [0.2, 0.25) is 4.90 Å². The molecule has 2 aromatic carbocycles. The third-order valence-electron chi connectivity index (χ3n) is 4.58. The first-order chi connectivity index (χ1) is 13.6. The quantitative estimate of drug-likeness (QED) is 0.583. The molecule has 7 heteroatoms. The van der Waals surface area contributed by atoms with Gasteiger partial charge in [0, 0.05) is 6.07 Å². The molecule has 0 bridgehead atoms. The Hall–Kier alpha value is -2.51. The second kappa shape index (κ2) is 7.85. The summed E-state index contributed by atoms with van der Waals surface area (Å²) in [6.07, 6.45) is 2.88. The van der Waals surface area contributed by atoms with Crippen molar-refractivity contribution in [1.29, 1.82) is 0 Å². The summed E-state index contributed by atoms with van der Waals surface area (Å²) in [5.41, 5.74) is 1.21. The largest absolute Gasteiger partial charge is 0.588 e. The van der Waals surface area contributed by atoms with Crippen molar-refractivity contribution in [3.63, 3.8) is 0 Å². The van der Waals surface area contributed by atoms with Crippen LogP contribution in [-0.4, -0.2) is 17.1 Å². The molecule has 1 atom stereocenters. The lowest BCUT2D eigenvalue weighted by Gasteiger charge is -2.13. The van der Waals surface area contributed by atoms with Gasteiger partial charge in [-0.1, -0.05) is 19.1 Å². The van der Waals surface area contributed by atoms with E-state index in [0.717, 1.165) is 24.8 Å². The summed E-state index contributed by atoms with van der Waals surface area (Å²) >= 11 is -1.84. The van der Waals surface area contributed by atoms with Gasteiger partial charge < -0.3 is 13.7 Å². The van der Waals surface area contributed by atoms with E-state index in [2.05, 4.69) is 4.72 Å². The van der Waals surface area contributed by atoms with Crippen molar-refractivity contribution in [3.05, 3.63) is 59.6 Å². The molecule has 5 nitrogen and oxygen atoms in total. The Morgan fingerprint density at radius 1 is 1.32 bits per heavy atom. The van der Waals surface area contributed by atoms with Crippen molar-refractivity contribution in [3.8, 4) is 5.75 Å². The molecule has 146 valence electrons. The van der Waals surface area contributed by atoms with Crippen LogP contribution in [0.5, 0.6) is 5.75 Å². The molecular formula is C21H20FNO4S. The SMILES string of the molecule is CCCOc1ccccc1[S+]([O-])NC(=O)c1cc2c(F)cc(C3CC3)cc2o1. The van der Waals surface area contributed by atoms with Gasteiger partial charge in [-0.2, -0.15) is 4.72 Å². The highest BCUT2D eigenvalue weighted by molar-refractivity contribution is 7.90. The average Bonchev–Trinajstić information content (AvgIpc) is 3.45. The summed E-state index contributed by atoms with van der Waals surface area (Å²) in [6, 6.07) is 11.4. The van der Waals surface area contributed by atoms with Gasteiger partial charge in [0.15, 0.2) is 11.5 Å². The number of benzene rings is 2. The van der Waals surface area contributed by atoms with E-state index >= 15 is 0 Å². The average molecular weight is 401 g/mol. The number of hydrogen-bond donors (Lipinski definition) is 1. The minimum Gasteiger partial charge on any atom is -0.588 e. The van der Waals surface area contributed by atoms with Crippen molar-refractivity contribution in [2.24, 2.45) is 0 Å². The van der Waals surface area contributed by atoms with Crippen LogP contribution in [0.15, 0.2) is 51.8 Å². The molecule has 0 saturated heterocycles. The molecular weight excluding hydrogens is 381 g/mol. The van der Waals surface area contributed by atoms with Crippen molar-refractivity contribution >= 4 is 28.2 Å². The molecule has 4 rings (SSSR count). The lowest BCUT2D eigenvalue weighted by Crippen LogP contribution is -2.30. The predicted molar refractivity (Wildman–Crippen MR) is 104 cm³/mol. The van der Waals surface area contributed by atoms with Gasteiger partial charge in [-0.05, 0) is 55.0 Å². The molecule has 1 N–H and O–H groups in total. The van der Waals surface area contributed by atoms with Crippen LogP contribution >= 0.6 is 0 Å². The second-order valence-corrected chi connectivity index (χ2v) is 7.98. The molecule has 0 aliphatic heterocycles. The molecule has 0 spiro atoms. The molecule has 3 aromatic rings.